The number of aliphatic carboxylic acids is 1. The molecule has 1 saturated heterocycles. The van der Waals surface area contributed by atoms with Crippen LogP contribution in [0.5, 0.6) is 0 Å². The summed E-state index contributed by atoms with van der Waals surface area (Å²) in [5.41, 5.74) is 0.678. The van der Waals surface area contributed by atoms with Crippen molar-refractivity contribution in [2.75, 3.05) is 31.2 Å². The van der Waals surface area contributed by atoms with Gasteiger partial charge in [0.2, 0.25) is 0 Å². The molecule has 0 saturated carbocycles. The van der Waals surface area contributed by atoms with Gasteiger partial charge in [-0.2, -0.15) is 0 Å². The minimum absolute atomic E-state index is 0.0379. The number of carbonyl (C=O) groups excluding carboxylic acids is 1. The van der Waals surface area contributed by atoms with E-state index in [9.17, 15) is 22.8 Å². The van der Waals surface area contributed by atoms with Crippen molar-refractivity contribution in [1.29, 1.82) is 0 Å². The van der Waals surface area contributed by atoms with Crippen LogP contribution in [0.1, 0.15) is 30.0 Å². The summed E-state index contributed by atoms with van der Waals surface area (Å²) < 4.78 is 48.2. The lowest BCUT2D eigenvalue weighted by atomic mass is 9.95. The molecule has 3 heterocycles. The summed E-state index contributed by atoms with van der Waals surface area (Å²) in [7, 11) is 0. The summed E-state index contributed by atoms with van der Waals surface area (Å²) >= 11 is 8.70. The first-order valence-electron chi connectivity index (χ1n) is 11.6. The van der Waals surface area contributed by atoms with Crippen LogP contribution in [-0.2, 0) is 14.3 Å². The number of aliphatic imine (C=N–C) groups is 1. The number of aromatic nitrogens is 1. The summed E-state index contributed by atoms with van der Waals surface area (Å²) in [5.74, 6) is -5.04. The summed E-state index contributed by atoms with van der Waals surface area (Å²) in [6.45, 7) is 1.02. The average molecular weight is 589 g/mol. The van der Waals surface area contributed by atoms with Crippen LogP contribution >= 0.6 is 34.7 Å². The normalized spacial score (nSPS) is 21.2. The summed E-state index contributed by atoms with van der Waals surface area (Å²) in [6, 6.07) is 2.07. The van der Waals surface area contributed by atoms with Crippen molar-refractivity contribution in [2.45, 2.75) is 31.4 Å². The molecule has 1 aromatic heterocycles. The number of carbonyl (C=O) groups is 2. The van der Waals surface area contributed by atoms with Crippen LogP contribution < -0.4 is 5.32 Å². The molecule has 8 nitrogen and oxygen atoms in total. The number of carboxylic acid groups (broad SMARTS) is 1. The Morgan fingerprint density at radius 3 is 2.84 bits per heavy atom. The first-order chi connectivity index (χ1) is 18.1. The Kier molecular flexibility index (Phi) is 9.01. The molecule has 204 valence electrons. The predicted octanol–water partition coefficient (Wildman–Crippen LogP) is 4.37. The van der Waals surface area contributed by atoms with Gasteiger partial charge < -0.3 is 15.2 Å². The lowest BCUT2D eigenvalue weighted by Crippen LogP contribution is -2.42. The van der Waals surface area contributed by atoms with E-state index in [1.54, 1.807) is 18.5 Å². The zero-order valence-electron chi connectivity index (χ0n) is 20.1. The van der Waals surface area contributed by atoms with Gasteiger partial charge >= 0.3 is 11.9 Å². The number of thioether (sulfide) groups is 1. The highest BCUT2D eigenvalue weighted by atomic mass is 35.5. The molecule has 1 unspecified atom stereocenters. The highest BCUT2D eigenvalue weighted by molar-refractivity contribution is 7.99. The Hall–Kier alpha value is -2.61. The van der Waals surface area contributed by atoms with E-state index in [4.69, 9.17) is 21.4 Å². The van der Waals surface area contributed by atoms with E-state index in [2.05, 4.69) is 15.3 Å². The molecular formula is C24H24ClF3N4O4S2. The van der Waals surface area contributed by atoms with Crippen LogP contribution in [0.25, 0.3) is 0 Å². The standard InChI is InChI=1S/C24H24ClF3N4O4S2/c1-2-36-23(35)19-17(9-32-12-24(27,28)8-14(32)10-37-11-18(33)34)30-21(22-29-5-6-38-22)31-20(19)15-4-3-13(26)7-16(15)25/h3-7,14,20H,2,8-12H2,1H3,(H,30,31)(H,33,34)/t14?,20-/m0/s1. The lowest BCUT2D eigenvalue weighted by molar-refractivity contribution is -0.139. The second kappa shape index (κ2) is 12.1. The SMILES string of the molecule is CCOC(=O)C1=C(CN2CC(F)(F)CC2CSCC(=O)O)NC(c2nccs2)=N[C@H]1c1ccc(F)cc1Cl. The van der Waals surface area contributed by atoms with Crippen molar-refractivity contribution in [1.82, 2.24) is 15.2 Å². The summed E-state index contributed by atoms with van der Waals surface area (Å²) in [6.07, 6.45) is 1.13. The van der Waals surface area contributed by atoms with Crippen molar-refractivity contribution in [3.63, 3.8) is 0 Å². The Balaban J connectivity index is 1.76. The van der Waals surface area contributed by atoms with Crippen LogP contribution in [0.3, 0.4) is 0 Å². The smallest absolute Gasteiger partial charge is 0.338 e. The number of alkyl halides is 2. The fraction of sp³-hybridized carbons (Fsp3) is 0.417. The molecule has 0 amide bonds. The number of benzene rings is 1. The molecule has 2 N–H and O–H groups in total. The summed E-state index contributed by atoms with van der Waals surface area (Å²) in [5, 5.41) is 14.3. The number of carboxylic acids is 1. The largest absolute Gasteiger partial charge is 0.481 e. The van der Waals surface area contributed by atoms with Crippen LogP contribution in [0.4, 0.5) is 13.2 Å². The maximum absolute atomic E-state index is 14.5. The fourth-order valence-electron chi connectivity index (χ4n) is 4.37. The minimum atomic E-state index is -2.99. The number of nitrogens with zero attached hydrogens (tertiary/aromatic N) is 3. The topological polar surface area (TPSA) is 104 Å². The maximum Gasteiger partial charge on any atom is 0.338 e. The Morgan fingerprint density at radius 1 is 1.39 bits per heavy atom. The van der Waals surface area contributed by atoms with Crippen molar-refractivity contribution in [2.24, 2.45) is 4.99 Å². The molecule has 14 heteroatoms. The van der Waals surface area contributed by atoms with E-state index in [-0.39, 0.29) is 41.0 Å². The number of esters is 1. The molecule has 2 aliphatic heterocycles. The number of hydrogen-bond donors (Lipinski definition) is 2. The van der Waals surface area contributed by atoms with E-state index in [0.29, 0.717) is 16.4 Å². The molecule has 38 heavy (non-hydrogen) atoms. The number of nitrogens with one attached hydrogen (secondary N) is 1. The third-order valence-electron chi connectivity index (χ3n) is 5.90. The van der Waals surface area contributed by atoms with Crippen LogP contribution in [0.2, 0.25) is 5.02 Å². The average Bonchev–Trinajstić information content (AvgIpc) is 3.46. The number of rotatable bonds is 10. The van der Waals surface area contributed by atoms with Gasteiger partial charge in [-0.15, -0.1) is 23.1 Å². The zero-order chi connectivity index (χ0) is 27.4. The van der Waals surface area contributed by atoms with Gasteiger partial charge in [0, 0.05) is 52.6 Å². The van der Waals surface area contributed by atoms with Crippen LogP contribution in [-0.4, -0.2) is 75.9 Å². The molecule has 0 aliphatic carbocycles. The number of amidine groups is 1. The number of hydrogen-bond acceptors (Lipinski definition) is 9. The fourth-order valence-corrected chi connectivity index (χ4v) is 6.12. The quantitative estimate of drug-likeness (QED) is 0.394. The lowest BCUT2D eigenvalue weighted by Gasteiger charge is -2.31. The van der Waals surface area contributed by atoms with Gasteiger partial charge in [-0.1, -0.05) is 17.7 Å². The third-order valence-corrected chi connectivity index (χ3v) is 8.07. The van der Waals surface area contributed by atoms with Crippen LogP contribution in [0, 0.1) is 5.82 Å². The number of thiazole rings is 1. The minimum Gasteiger partial charge on any atom is -0.481 e. The van der Waals surface area contributed by atoms with E-state index < -0.39 is 48.7 Å². The third kappa shape index (κ3) is 6.68. The Morgan fingerprint density at radius 2 is 2.18 bits per heavy atom. The van der Waals surface area contributed by atoms with Crippen molar-refractivity contribution < 1.29 is 32.6 Å². The number of halogens is 4. The zero-order valence-corrected chi connectivity index (χ0v) is 22.5. The molecule has 2 aliphatic rings. The van der Waals surface area contributed by atoms with Gasteiger partial charge in [0.25, 0.3) is 5.92 Å². The van der Waals surface area contributed by atoms with Crippen molar-refractivity contribution >= 4 is 52.5 Å². The molecule has 0 radical (unpaired) electrons. The van der Waals surface area contributed by atoms with E-state index in [1.807, 2.05) is 0 Å². The molecule has 4 rings (SSSR count). The highest BCUT2D eigenvalue weighted by Gasteiger charge is 2.46. The molecular weight excluding hydrogens is 565 g/mol. The van der Waals surface area contributed by atoms with E-state index in [1.165, 1.54) is 28.4 Å². The monoisotopic (exact) mass is 588 g/mol. The maximum atomic E-state index is 14.5. The molecule has 2 aromatic rings. The van der Waals surface area contributed by atoms with Gasteiger partial charge in [0.05, 0.1) is 24.5 Å². The van der Waals surface area contributed by atoms with Gasteiger partial charge in [-0.25, -0.2) is 22.9 Å². The molecule has 1 fully saturated rings. The molecule has 2 atom stereocenters. The molecule has 0 spiro atoms. The van der Waals surface area contributed by atoms with Gasteiger partial charge in [-0.05, 0) is 19.1 Å². The second-order valence-electron chi connectivity index (χ2n) is 8.65. The van der Waals surface area contributed by atoms with Crippen LogP contribution in [0.15, 0.2) is 46.0 Å². The number of ether oxygens (including phenoxy) is 1. The van der Waals surface area contributed by atoms with Crippen molar-refractivity contribution in [3.8, 4) is 0 Å². The van der Waals surface area contributed by atoms with E-state index in [0.717, 1.165) is 17.8 Å². The van der Waals surface area contributed by atoms with Gasteiger partial charge in [0.1, 0.15) is 11.9 Å². The van der Waals surface area contributed by atoms with Gasteiger partial charge in [0.15, 0.2) is 10.8 Å². The molecule has 0 bridgehead atoms. The molecule has 1 aromatic carbocycles. The predicted molar refractivity (Wildman–Crippen MR) is 139 cm³/mol. The second-order valence-corrected chi connectivity index (χ2v) is 11.0. The Labute approximate surface area is 229 Å². The Bertz CT molecular complexity index is 1260. The van der Waals surface area contributed by atoms with E-state index >= 15 is 0 Å². The highest BCUT2D eigenvalue weighted by Crippen LogP contribution is 2.39. The summed E-state index contributed by atoms with van der Waals surface area (Å²) in [4.78, 5) is 34.6. The first-order valence-corrected chi connectivity index (χ1v) is 14.0. The number of likely N-dealkylation sites (tertiary alicyclic amines) is 1. The van der Waals surface area contributed by atoms with Crippen molar-refractivity contribution in [3.05, 3.63) is 62.5 Å². The first kappa shape index (κ1) is 28.4. The van der Waals surface area contributed by atoms with Gasteiger partial charge in [-0.3, -0.25) is 14.7 Å².